The first kappa shape index (κ1) is 28.1. The molecule has 0 unspecified atom stereocenters. The Balaban J connectivity index is 1.29. The average Bonchev–Trinajstić information content (AvgIpc) is 3.77. The molecule has 14 nitrogen and oxygen atoms in total. The van der Waals surface area contributed by atoms with E-state index >= 15 is 0 Å². The van der Waals surface area contributed by atoms with Crippen molar-refractivity contribution in [2.45, 2.75) is 32.5 Å². The van der Waals surface area contributed by atoms with Gasteiger partial charge in [0.1, 0.15) is 23.2 Å². The number of anilines is 1. The third-order valence-corrected chi connectivity index (χ3v) is 7.20. The molecule has 5 aromatic rings. The molecule has 1 atom stereocenters. The number of aromatic nitrogens is 7. The fourth-order valence-electron chi connectivity index (χ4n) is 4.83. The molecule has 43 heavy (non-hydrogen) atoms. The van der Waals surface area contributed by atoms with Gasteiger partial charge in [0.2, 0.25) is 5.91 Å². The number of benzene rings is 1. The number of ether oxygens (including phenoxy) is 2. The molecule has 1 aromatic carbocycles. The number of nitrogens with zero attached hydrogens (tertiary/aromatic N) is 8. The van der Waals surface area contributed by atoms with Gasteiger partial charge in [-0.25, -0.2) is 14.3 Å². The Morgan fingerprint density at radius 2 is 1.77 bits per heavy atom. The molecule has 1 aliphatic rings. The number of carbonyl (C=O) groups excluding carboxylic acids is 2. The van der Waals surface area contributed by atoms with Gasteiger partial charge in [-0.2, -0.15) is 19.8 Å². The van der Waals surface area contributed by atoms with E-state index in [1.165, 1.54) is 0 Å². The highest BCUT2D eigenvalue weighted by Gasteiger charge is 2.21. The van der Waals surface area contributed by atoms with Gasteiger partial charge in [-0.1, -0.05) is 30.3 Å². The zero-order chi connectivity index (χ0) is 29.9. The standard InChI is InChI=1S/C29H32N10O4/c1-19-15-23(34-38(19)18-43-29(41)21(30)7-8-25(31)40)24-16-27-32-26(17-28(39(27)35-24)36-11-13-42-14-12-36)37-10-9-22(33-37)20-5-3-2-4-6-20/h2-6,9-10,15-17,21H,7-8,11-14,18,30H2,1H3,(H2,31,40)/t21-/m0/s1. The second-order valence-electron chi connectivity index (χ2n) is 10.3. The van der Waals surface area contributed by atoms with Crippen molar-refractivity contribution in [3.8, 4) is 28.5 Å². The summed E-state index contributed by atoms with van der Waals surface area (Å²) in [6.07, 6.45) is 2.02. The van der Waals surface area contributed by atoms with E-state index in [2.05, 4.69) is 10.00 Å². The van der Waals surface area contributed by atoms with E-state index in [1.807, 2.05) is 67.7 Å². The van der Waals surface area contributed by atoms with Gasteiger partial charge in [0.05, 0.1) is 18.9 Å². The van der Waals surface area contributed by atoms with Crippen LogP contribution in [0.3, 0.4) is 0 Å². The maximum Gasteiger partial charge on any atom is 0.324 e. The van der Waals surface area contributed by atoms with Crippen LogP contribution in [-0.4, -0.2) is 78.4 Å². The predicted molar refractivity (Wildman–Crippen MR) is 157 cm³/mol. The van der Waals surface area contributed by atoms with Crippen LogP contribution >= 0.6 is 0 Å². The van der Waals surface area contributed by atoms with Crippen LogP contribution < -0.4 is 16.4 Å². The van der Waals surface area contributed by atoms with Crippen molar-refractivity contribution in [1.82, 2.24) is 34.2 Å². The van der Waals surface area contributed by atoms with E-state index in [1.54, 1.807) is 13.9 Å². The average molecular weight is 585 g/mol. The second-order valence-corrected chi connectivity index (χ2v) is 10.3. The fourth-order valence-corrected chi connectivity index (χ4v) is 4.83. The molecule has 222 valence electrons. The Morgan fingerprint density at radius 1 is 1.00 bits per heavy atom. The SMILES string of the molecule is Cc1cc(-c2cc3nc(-n4ccc(-c5ccccc5)n4)cc(N4CCOCC4)n3n2)nn1COC(=O)[C@@H](N)CCC(N)=O. The van der Waals surface area contributed by atoms with Crippen LogP contribution in [0.25, 0.3) is 34.1 Å². The molecule has 0 radical (unpaired) electrons. The molecule has 1 amide bonds. The lowest BCUT2D eigenvalue weighted by atomic mass is 10.2. The fraction of sp³-hybridized carbons (Fsp3) is 0.310. The molecule has 1 fully saturated rings. The summed E-state index contributed by atoms with van der Waals surface area (Å²) in [5, 5.41) is 14.3. The number of fused-ring (bicyclic) bond motifs is 1. The summed E-state index contributed by atoms with van der Waals surface area (Å²) in [5.74, 6) is 0.361. The van der Waals surface area contributed by atoms with Crippen molar-refractivity contribution >= 4 is 23.3 Å². The van der Waals surface area contributed by atoms with Gasteiger partial charge < -0.3 is 25.8 Å². The molecule has 1 saturated heterocycles. The maximum absolute atomic E-state index is 12.3. The van der Waals surface area contributed by atoms with Gasteiger partial charge in [-0.05, 0) is 25.5 Å². The van der Waals surface area contributed by atoms with Crippen LogP contribution in [0.2, 0.25) is 0 Å². The molecule has 4 N–H and O–H groups in total. The van der Waals surface area contributed by atoms with E-state index in [-0.39, 0.29) is 19.6 Å². The van der Waals surface area contributed by atoms with Crippen molar-refractivity contribution in [2.24, 2.45) is 11.5 Å². The van der Waals surface area contributed by atoms with Crippen molar-refractivity contribution in [3.05, 3.63) is 66.5 Å². The molecular formula is C29H32N10O4. The number of morpholine rings is 1. The molecule has 4 aromatic heterocycles. The summed E-state index contributed by atoms with van der Waals surface area (Å²) < 4.78 is 16.0. The molecule has 0 spiro atoms. The van der Waals surface area contributed by atoms with E-state index < -0.39 is 17.9 Å². The van der Waals surface area contributed by atoms with E-state index in [4.69, 9.17) is 36.1 Å². The van der Waals surface area contributed by atoms with Crippen molar-refractivity contribution in [2.75, 3.05) is 31.2 Å². The predicted octanol–water partition coefficient (Wildman–Crippen LogP) is 1.68. The highest BCUT2D eigenvalue weighted by molar-refractivity contribution is 5.78. The zero-order valence-corrected chi connectivity index (χ0v) is 23.7. The molecule has 1 aliphatic heterocycles. The molecule has 0 bridgehead atoms. The molecule has 6 rings (SSSR count). The van der Waals surface area contributed by atoms with Crippen LogP contribution in [0.5, 0.6) is 0 Å². The molecule has 0 saturated carbocycles. The molecule has 0 aliphatic carbocycles. The largest absolute Gasteiger partial charge is 0.441 e. The maximum atomic E-state index is 12.3. The van der Waals surface area contributed by atoms with Crippen LogP contribution in [-0.2, 0) is 25.8 Å². The minimum absolute atomic E-state index is 0.00583. The lowest BCUT2D eigenvalue weighted by molar-refractivity contribution is -0.149. The number of rotatable bonds is 10. The summed E-state index contributed by atoms with van der Waals surface area (Å²) in [4.78, 5) is 30.4. The Labute approximate surface area is 246 Å². The Kier molecular flexibility index (Phi) is 7.85. The third-order valence-electron chi connectivity index (χ3n) is 7.20. The molecular weight excluding hydrogens is 552 g/mol. The number of carbonyl (C=O) groups is 2. The number of esters is 1. The number of hydrogen-bond donors (Lipinski definition) is 2. The first-order valence-corrected chi connectivity index (χ1v) is 14.0. The topological polar surface area (TPSA) is 174 Å². The van der Waals surface area contributed by atoms with Crippen LogP contribution in [0, 0.1) is 6.92 Å². The van der Waals surface area contributed by atoms with E-state index in [9.17, 15) is 9.59 Å². The smallest absolute Gasteiger partial charge is 0.324 e. The van der Waals surface area contributed by atoms with Crippen LogP contribution in [0.15, 0.2) is 60.8 Å². The summed E-state index contributed by atoms with van der Waals surface area (Å²) in [6.45, 7) is 4.37. The van der Waals surface area contributed by atoms with Gasteiger partial charge in [0.15, 0.2) is 18.2 Å². The Hall–Kier alpha value is -5.08. The normalized spacial score (nSPS) is 14.2. The first-order chi connectivity index (χ1) is 20.9. The number of nitrogens with two attached hydrogens (primary N) is 2. The van der Waals surface area contributed by atoms with Gasteiger partial charge in [-0.15, -0.1) is 0 Å². The van der Waals surface area contributed by atoms with Crippen molar-refractivity contribution < 1.29 is 19.1 Å². The lowest BCUT2D eigenvalue weighted by Crippen LogP contribution is -2.37. The minimum atomic E-state index is -0.946. The minimum Gasteiger partial charge on any atom is -0.441 e. The summed E-state index contributed by atoms with van der Waals surface area (Å²) >= 11 is 0. The highest BCUT2D eigenvalue weighted by atomic mass is 16.5. The number of amides is 1. The number of aryl methyl sites for hydroxylation is 1. The van der Waals surface area contributed by atoms with E-state index in [0.29, 0.717) is 49.2 Å². The van der Waals surface area contributed by atoms with Crippen LogP contribution in [0.1, 0.15) is 18.5 Å². The third kappa shape index (κ3) is 6.10. The Bertz CT molecular complexity index is 1750. The van der Waals surface area contributed by atoms with Gasteiger partial charge in [-0.3, -0.25) is 9.59 Å². The molecule has 14 heteroatoms. The van der Waals surface area contributed by atoms with Crippen molar-refractivity contribution in [3.63, 3.8) is 0 Å². The Morgan fingerprint density at radius 3 is 2.53 bits per heavy atom. The van der Waals surface area contributed by atoms with Crippen LogP contribution in [0.4, 0.5) is 5.82 Å². The number of primary amides is 1. The molecule has 5 heterocycles. The summed E-state index contributed by atoms with van der Waals surface area (Å²) in [7, 11) is 0. The first-order valence-electron chi connectivity index (χ1n) is 14.0. The van der Waals surface area contributed by atoms with Crippen molar-refractivity contribution in [1.29, 1.82) is 0 Å². The summed E-state index contributed by atoms with van der Waals surface area (Å²) in [5.41, 5.74) is 15.4. The monoisotopic (exact) mass is 584 g/mol. The van der Waals surface area contributed by atoms with Gasteiger partial charge in [0.25, 0.3) is 0 Å². The summed E-state index contributed by atoms with van der Waals surface area (Å²) in [6, 6.07) is 16.7. The second kappa shape index (κ2) is 12.0. The highest BCUT2D eigenvalue weighted by Crippen LogP contribution is 2.26. The van der Waals surface area contributed by atoms with Gasteiger partial charge in [0, 0.05) is 49.1 Å². The van der Waals surface area contributed by atoms with Gasteiger partial charge >= 0.3 is 5.97 Å². The quantitative estimate of drug-likeness (QED) is 0.230. The number of hydrogen-bond acceptors (Lipinski definition) is 10. The zero-order valence-electron chi connectivity index (χ0n) is 23.7. The lowest BCUT2D eigenvalue weighted by Gasteiger charge is -2.29. The van der Waals surface area contributed by atoms with E-state index in [0.717, 1.165) is 22.8 Å².